The number of carboxylic acids is 1. The molecule has 1 N–H and O–H groups in total. The molecule has 0 heterocycles. The van der Waals surface area contributed by atoms with E-state index < -0.39 is 11.4 Å². The van der Waals surface area contributed by atoms with Crippen LogP contribution in [0.2, 0.25) is 5.02 Å². The molecule has 96 valence electrons. The molecule has 0 saturated heterocycles. The van der Waals surface area contributed by atoms with Gasteiger partial charge in [-0.15, -0.1) is 0 Å². The van der Waals surface area contributed by atoms with Crippen LogP contribution in [-0.4, -0.2) is 17.2 Å². The Morgan fingerprint density at radius 2 is 2.11 bits per heavy atom. The lowest BCUT2D eigenvalue weighted by atomic mass is 9.95. The molecule has 0 aliphatic heterocycles. The summed E-state index contributed by atoms with van der Waals surface area (Å²) in [6, 6.07) is 5.39. The predicted octanol–water partition coefficient (Wildman–Crippen LogP) is 3.39. The molecule has 0 aromatic heterocycles. The summed E-state index contributed by atoms with van der Waals surface area (Å²) in [4.78, 5) is 11.2. The molecular formula is C14H15ClO3. The van der Waals surface area contributed by atoms with E-state index in [4.69, 9.17) is 16.3 Å². The van der Waals surface area contributed by atoms with E-state index in [2.05, 4.69) is 0 Å². The van der Waals surface area contributed by atoms with E-state index in [9.17, 15) is 9.90 Å². The second-order valence-electron chi connectivity index (χ2n) is 5.20. The molecule has 2 fully saturated rings. The smallest absolute Gasteiger partial charge is 0.314 e. The number of halogens is 1. The zero-order valence-electron chi connectivity index (χ0n) is 9.99. The zero-order valence-corrected chi connectivity index (χ0v) is 10.7. The van der Waals surface area contributed by atoms with Gasteiger partial charge in [-0.1, -0.05) is 17.7 Å². The first-order valence-electron chi connectivity index (χ1n) is 6.32. The van der Waals surface area contributed by atoms with E-state index in [1.807, 2.05) is 6.07 Å². The van der Waals surface area contributed by atoms with Crippen molar-refractivity contribution in [3.63, 3.8) is 0 Å². The molecule has 1 aromatic rings. The van der Waals surface area contributed by atoms with Crippen LogP contribution in [0.3, 0.4) is 0 Å². The second-order valence-corrected chi connectivity index (χ2v) is 5.61. The molecule has 1 aromatic carbocycles. The SMILES string of the molecule is O=C(O)C1(c2ccc(OC3CCC3)c(Cl)c2)CC1. The van der Waals surface area contributed by atoms with Gasteiger partial charge in [-0.2, -0.15) is 0 Å². The highest BCUT2D eigenvalue weighted by Crippen LogP contribution is 2.49. The molecule has 4 heteroatoms. The number of ether oxygens (including phenoxy) is 1. The van der Waals surface area contributed by atoms with Crippen LogP contribution < -0.4 is 4.74 Å². The Balaban J connectivity index is 1.82. The Bertz CT molecular complexity index is 490. The number of carbonyl (C=O) groups is 1. The third-order valence-electron chi connectivity index (χ3n) is 3.99. The molecular weight excluding hydrogens is 252 g/mol. The lowest BCUT2D eigenvalue weighted by Gasteiger charge is -2.27. The van der Waals surface area contributed by atoms with Gasteiger partial charge in [0.2, 0.25) is 0 Å². The maximum absolute atomic E-state index is 11.2. The van der Waals surface area contributed by atoms with Crippen LogP contribution in [-0.2, 0) is 10.2 Å². The van der Waals surface area contributed by atoms with Gasteiger partial charge >= 0.3 is 5.97 Å². The zero-order chi connectivity index (χ0) is 12.8. The molecule has 0 atom stereocenters. The second kappa shape index (κ2) is 4.16. The number of hydrogen-bond acceptors (Lipinski definition) is 2. The van der Waals surface area contributed by atoms with Gasteiger partial charge in [0, 0.05) is 0 Å². The quantitative estimate of drug-likeness (QED) is 0.909. The van der Waals surface area contributed by atoms with Crippen molar-refractivity contribution in [1.82, 2.24) is 0 Å². The van der Waals surface area contributed by atoms with Crippen molar-refractivity contribution >= 4 is 17.6 Å². The van der Waals surface area contributed by atoms with Crippen LogP contribution in [0.5, 0.6) is 5.75 Å². The minimum atomic E-state index is -0.758. The molecule has 3 rings (SSSR count). The van der Waals surface area contributed by atoms with Gasteiger partial charge in [-0.25, -0.2) is 0 Å². The minimum Gasteiger partial charge on any atom is -0.489 e. The standard InChI is InChI=1S/C14H15ClO3/c15-11-8-9(14(6-7-14)13(16)17)4-5-12(11)18-10-2-1-3-10/h4-5,8,10H,1-3,6-7H2,(H,16,17). The molecule has 0 bridgehead atoms. The van der Waals surface area contributed by atoms with E-state index in [-0.39, 0.29) is 6.10 Å². The number of benzene rings is 1. The van der Waals surface area contributed by atoms with E-state index in [1.54, 1.807) is 12.1 Å². The molecule has 2 saturated carbocycles. The van der Waals surface area contributed by atoms with Crippen LogP contribution in [0.25, 0.3) is 0 Å². The monoisotopic (exact) mass is 266 g/mol. The van der Waals surface area contributed by atoms with E-state index in [0.717, 1.165) is 18.4 Å². The first-order valence-corrected chi connectivity index (χ1v) is 6.70. The Morgan fingerprint density at radius 1 is 1.39 bits per heavy atom. The normalized spacial score (nSPS) is 21.2. The van der Waals surface area contributed by atoms with Gasteiger partial charge in [0.25, 0.3) is 0 Å². The summed E-state index contributed by atoms with van der Waals surface area (Å²) in [5, 5.41) is 9.76. The van der Waals surface area contributed by atoms with Gasteiger partial charge in [0.1, 0.15) is 5.75 Å². The third kappa shape index (κ3) is 1.87. The summed E-state index contributed by atoms with van der Waals surface area (Å²) in [5.41, 5.74) is 0.0968. The topological polar surface area (TPSA) is 46.5 Å². The van der Waals surface area contributed by atoms with Crippen molar-refractivity contribution in [3.8, 4) is 5.75 Å². The van der Waals surface area contributed by atoms with Crippen LogP contribution in [0.1, 0.15) is 37.7 Å². The maximum Gasteiger partial charge on any atom is 0.314 e. The molecule has 18 heavy (non-hydrogen) atoms. The highest BCUT2D eigenvalue weighted by molar-refractivity contribution is 6.32. The maximum atomic E-state index is 11.2. The fourth-order valence-electron chi connectivity index (χ4n) is 2.31. The summed E-state index contributed by atoms with van der Waals surface area (Å²) in [6.45, 7) is 0. The van der Waals surface area contributed by atoms with Gasteiger partial charge in [0.05, 0.1) is 16.5 Å². The summed E-state index contributed by atoms with van der Waals surface area (Å²) in [7, 11) is 0. The van der Waals surface area contributed by atoms with Gasteiger partial charge < -0.3 is 9.84 Å². The van der Waals surface area contributed by atoms with Crippen molar-refractivity contribution in [2.45, 2.75) is 43.6 Å². The van der Waals surface area contributed by atoms with Crippen molar-refractivity contribution in [3.05, 3.63) is 28.8 Å². The number of hydrogen-bond donors (Lipinski definition) is 1. The number of carboxylic acid groups (broad SMARTS) is 1. The molecule has 0 unspecified atom stereocenters. The Labute approximate surface area is 111 Å². The Kier molecular flexibility index (Phi) is 2.74. The Hall–Kier alpha value is -1.22. The van der Waals surface area contributed by atoms with Crippen LogP contribution in [0.15, 0.2) is 18.2 Å². The fraction of sp³-hybridized carbons (Fsp3) is 0.500. The molecule has 0 radical (unpaired) electrons. The average Bonchev–Trinajstić information content (AvgIpc) is 3.06. The van der Waals surface area contributed by atoms with Crippen molar-refractivity contribution in [2.75, 3.05) is 0 Å². The van der Waals surface area contributed by atoms with Crippen LogP contribution in [0.4, 0.5) is 0 Å². The third-order valence-corrected chi connectivity index (χ3v) is 4.29. The summed E-state index contributed by atoms with van der Waals surface area (Å²) in [6.07, 6.45) is 5.04. The molecule has 3 nitrogen and oxygen atoms in total. The summed E-state index contributed by atoms with van der Waals surface area (Å²) in [5.74, 6) is -0.0856. The van der Waals surface area contributed by atoms with Gasteiger partial charge in [-0.05, 0) is 49.8 Å². The van der Waals surface area contributed by atoms with Crippen molar-refractivity contribution in [1.29, 1.82) is 0 Å². The molecule has 2 aliphatic carbocycles. The predicted molar refractivity (Wildman–Crippen MR) is 68.3 cm³/mol. The number of aliphatic carboxylic acids is 1. The highest BCUT2D eigenvalue weighted by Gasteiger charge is 2.51. The average molecular weight is 267 g/mol. The van der Waals surface area contributed by atoms with Crippen LogP contribution in [0, 0.1) is 0 Å². The number of rotatable bonds is 4. The molecule has 2 aliphatic rings. The van der Waals surface area contributed by atoms with E-state index in [0.29, 0.717) is 23.6 Å². The van der Waals surface area contributed by atoms with Crippen molar-refractivity contribution in [2.24, 2.45) is 0 Å². The van der Waals surface area contributed by atoms with Crippen molar-refractivity contribution < 1.29 is 14.6 Å². The fourth-order valence-corrected chi connectivity index (χ4v) is 2.54. The van der Waals surface area contributed by atoms with E-state index in [1.165, 1.54) is 6.42 Å². The lowest BCUT2D eigenvalue weighted by Crippen LogP contribution is -2.25. The van der Waals surface area contributed by atoms with Crippen LogP contribution >= 0.6 is 11.6 Å². The van der Waals surface area contributed by atoms with Gasteiger partial charge in [0.15, 0.2) is 0 Å². The van der Waals surface area contributed by atoms with E-state index >= 15 is 0 Å². The molecule has 0 amide bonds. The minimum absolute atomic E-state index is 0.280. The first-order chi connectivity index (χ1) is 8.62. The summed E-state index contributed by atoms with van der Waals surface area (Å²) >= 11 is 6.18. The lowest BCUT2D eigenvalue weighted by molar-refractivity contribution is -0.140. The molecule has 0 spiro atoms. The Morgan fingerprint density at radius 3 is 2.56 bits per heavy atom. The highest BCUT2D eigenvalue weighted by atomic mass is 35.5. The summed E-state index contributed by atoms with van der Waals surface area (Å²) < 4.78 is 5.75. The largest absolute Gasteiger partial charge is 0.489 e. The van der Waals surface area contributed by atoms with Gasteiger partial charge in [-0.3, -0.25) is 4.79 Å². The first kappa shape index (κ1) is 11.8.